The van der Waals surface area contributed by atoms with Crippen LogP contribution in [0.4, 0.5) is 0 Å². The van der Waals surface area contributed by atoms with Crippen molar-refractivity contribution in [3.63, 3.8) is 0 Å². The molecule has 23 heavy (non-hydrogen) atoms. The van der Waals surface area contributed by atoms with Gasteiger partial charge in [-0.2, -0.15) is 4.74 Å². The number of fused-ring (bicyclic) bond motifs is 3. The highest BCUT2D eigenvalue weighted by Crippen LogP contribution is 2.52. The molecule has 0 aromatic rings. The molecule has 4 rings (SSSR count). The zero-order valence-electron chi connectivity index (χ0n) is 13.4. The Morgan fingerprint density at radius 1 is 1.22 bits per heavy atom. The second kappa shape index (κ2) is 5.43. The Bertz CT molecular complexity index is 558. The van der Waals surface area contributed by atoms with Crippen LogP contribution in [0, 0.1) is 11.1 Å². The molecule has 2 aliphatic carbocycles. The monoisotopic (exact) mass is 323 g/mol. The molecule has 1 saturated heterocycles. The summed E-state index contributed by atoms with van der Waals surface area (Å²) in [6.45, 7) is 2.67. The van der Waals surface area contributed by atoms with Crippen LogP contribution in [0.3, 0.4) is 0 Å². The van der Waals surface area contributed by atoms with Gasteiger partial charge in [0.1, 0.15) is 0 Å². The minimum absolute atomic E-state index is 0.222. The zero-order chi connectivity index (χ0) is 16.1. The lowest BCUT2D eigenvalue weighted by molar-refractivity contribution is -0.591. The Morgan fingerprint density at radius 3 is 2.74 bits per heavy atom. The maximum Gasteiger partial charge on any atom is 0.235 e. The van der Waals surface area contributed by atoms with Gasteiger partial charge in [0.15, 0.2) is 5.60 Å². The van der Waals surface area contributed by atoms with Crippen LogP contribution in [0.25, 0.3) is 0 Å². The van der Waals surface area contributed by atoms with Crippen LogP contribution in [0.2, 0.25) is 0 Å². The Labute approximate surface area is 135 Å². The van der Waals surface area contributed by atoms with Crippen LogP contribution >= 0.6 is 0 Å². The third-order valence-electron chi connectivity index (χ3n) is 6.33. The maximum atomic E-state index is 13.4. The number of oxime groups is 1. The first-order chi connectivity index (χ1) is 11.2. The van der Waals surface area contributed by atoms with E-state index >= 15 is 0 Å². The molecular formula is C16H25N3O4. The van der Waals surface area contributed by atoms with Crippen LogP contribution in [-0.4, -0.2) is 68.9 Å². The Morgan fingerprint density at radius 2 is 2.00 bits per heavy atom. The van der Waals surface area contributed by atoms with Crippen molar-refractivity contribution in [2.75, 3.05) is 26.3 Å². The van der Waals surface area contributed by atoms with E-state index in [9.17, 15) is 15.5 Å². The van der Waals surface area contributed by atoms with E-state index in [2.05, 4.69) is 10.1 Å². The molecule has 0 radical (unpaired) electrons. The lowest BCUT2D eigenvalue weighted by Crippen LogP contribution is -2.65. The molecule has 0 amide bonds. The van der Waals surface area contributed by atoms with Crippen LogP contribution in [-0.2, 0) is 4.74 Å². The zero-order valence-corrected chi connectivity index (χ0v) is 13.4. The Hall–Kier alpha value is -1.18. The van der Waals surface area contributed by atoms with E-state index in [0.717, 1.165) is 36.8 Å². The predicted molar refractivity (Wildman–Crippen MR) is 83.7 cm³/mol. The molecule has 0 aromatic carbocycles. The van der Waals surface area contributed by atoms with E-state index in [4.69, 9.17) is 4.74 Å². The summed E-state index contributed by atoms with van der Waals surface area (Å²) in [5.74, 6) is -0.222. The van der Waals surface area contributed by atoms with Gasteiger partial charge in [-0.1, -0.05) is 11.6 Å². The highest BCUT2D eigenvalue weighted by atomic mass is 16.5. The molecule has 128 valence electrons. The van der Waals surface area contributed by atoms with Gasteiger partial charge in [0.25, 0.3) is 0 Å². The van der Waals surface area contributed by atoms with Crippen molar-refractivity contribution in [2.45, 2.75) is 56.2 Å². The summed E-state index contributed by atoms with van der Waals surface area (Å²) in [7, 11) is 0. The molecule has 0 spiro atoms. The van der Waals surface area contributed by atoms with Crippen LogP contribution in [0.1, 0.15) is 44.9 Å². The molecule has 0 aromatic heterocycles. The van der Waals surface area contributed by atoms with E-state index in [1.54, 1.807) is 0 Å². The molecule has 2 saturated carbocycles. The average Bonchev–Trinajstić information content (AvgIpc) is 2.82. The second-order valence-electron chi connectivity index (χ2n) is 7.18. The van der Waals surface area contributed by atoms with Gasteiger partial charge in [-0.3, -0.25) is 0 Å². The lowest BCUT2D eigenvalue weighted by atomic mass is 9.65. The third kappa shape index (κ3) is 1.87. The number of ether oxygens (including phenoxy) is 1. The number of morpholine rings is 1. The fourth-order valence-electron chi connectivity index (χ4n) is 5.37. The topological polar surface area (TPSA) is 91.4 Å². The van der Waals surface area contributed by atoms with Gasteiger partial charge >= 0.3 is 0 Å². The maximum absolute atomic E-state index is 13.4. The molecule has 2 heterocycles. The molecule has 2 N–H and O–H groups in total. The number of nitrogens with zero attached hydrogens (tertiary/aromatic N) is 3. The smallest absolute Gasteiger partial charge is 0.235 e. The first kappa shape index (κ1) is 15.4. The van der Waals surface area contributed by atoms with Crippen molar-refractivity contribution in [1.29, 1.82) is 0 Å². The summed E-state index contributed by atoms with van der Waals surface area (Å²) in [4.78, 5) is 2.21. The first-order valence-corrected chi connectivity index (χ1v) is 8.76. The number of hydrogen-bond donors (Lipinski definition) is 2. The van der Waals surface area contributed by atoms with Gasteiger partial charge in [0, 0.05) is 25.9 Å². The molecular weight excluding hydrogens is 298 g/mol. The molecule has 7 heteroatoms. The van der Waals surface area contributed by atoms with Crippen molar-refractivity contribution < 1.29 is 19.8 Å². The number of hydrogen-bond acceptors (Lipinski definition) is 6. The molecule has 3 unspecified atom stereocenters. The molecule has 3 fully saturated rings. The van der Waals surface area contributed by atoms with Gasteiger partial charge in [-0.15, -0.1) is 0 Å². The largest absolute Gasteiger partial charge is 0.622 e. The van der Waals surface area contributed by atoms with Crippen molar-refractivity contribution in [1.82, 2.24) is 4.90 Å². The van der Waals surface area contributed by atoms with Gasteiger partial charge in [0.2, 0.25) is 11.4 Å². The highest BCUT2D eigenvalue weighted by Gasteiger charge is 2.71. The standard InChI is InChI=1S/C16H25N3O4/c20-16-12-4-1-2-7-15(12,18-8-10-23-11-9-18)19(22)14(16)6-3-5-13(16)17-21/h12,20-21H,1-11H2. The fraction of sp³-hybridized carbons (Fsp3) is 0.875. The summed E-state index contributed by atoms with van der Waals surface area (Å²) < 4.78 is 6.57. The van der Waals surface area contributed by atoms with Crippen molar-refractivity contribution >= 4 is 11.4 Å². The van der Waals surface area contributed by atoms with Crippen molar-refractivity contribution in [3.05, 3.63) is 5.21 Å². The molecule has 2 aliphatic heterocycles. The average molecular weight is 323 g/mol. The lowest BCUT2D eigenvalue weighted by Gasteiger charge is -2.47. The van der Waals surface area contributed by atoms with Gasteiger partial charge in [0.05, 0.1) is 24.8 Å². The predicted octanol–water partition coefficient (Wildman–Crippen LogP) is 0.915. The van der Waals surface area contributed by atoms with E-state index in [1.807, 2.05) is 0 Å². The molecule has 0 bridgehead atoms. The summed E-state index contributed by atoms with van der Waals surface area (Å²) >= 11 is 0. The Balaban J connectivity index is 1.85. The van der Waals surface area contributed by atoms with E-state index < -0.39 is 11.3 Å². The number of rotatable bonds is 1. The van der Waals surface area contributed by atoms with Crippen LogP contribution in [0.15, 0.2) is 5.16 Å². The summed E-state index contributed by atoms with van der Waals surface area (Å²) in [6, 6.07) is 0. The minimum atomic E-state index is -1.37. The second-order valence-corrected chi connectivity index (χ2v) is 7.18. The third-order valence-corrected chi connectivity index (χ3v) is 6.33. The molecule has 7 nitrogen and oxygen atoms in total. The minimum Gasteiger partial charge on any atom is -0.622 e. The normalized spacial score (nSPS) is 43.5. The summed E-state index contributed by atoms with van der Waals surface area (Å²) in [5.41, 5.74) is -1.18. The van der Waals surface area contributed by atoms with Crippen molar-refractivity contribution in [2.24, 2.45) is 11.1 Å². The highest BCUT2D eigenvalue weighted by molar-refractivity contribution is 6.15. The summed E-state index contributed by atoms with van der Waals surface area (Å²) in [5, 5.41) is 37.7. The van der Waals surface area contributed by atoms with Crippen LogP contribution in [0.5, 0.6) is 0 Å². The molecule has 4 aliphatic rings. The first-order valence-electron chi connectivity index (χ1n) is 8.76. The van der Waals surface area contributed by atoms with Gasteiger partial charge in [-0.05, 0) is 25.7 Å². The van der Waals surface area contributed by atoms with Crippen LogP contribution < -0.4 is 0 Å². The summed E-state index contributed by atoms with van der Waals surface area (Å²) in [6.07, 6.45) is 5.42. The fourth-order valence-corrected chi connectivity index (χ4v) is 5.37. The quantitative estimate of drug-likeness (QED) is 0.324. The SMILES string of the molecule is [O-][N+]1=C2CCCC(=NO)C2(O)C2CCCCC21N1CCOCC1. The van der Waals surface area contributed by atoms with E-state index in [0.29, 0.717) is 50.6 Å². The number of hydroxylamine groups is 1. The van der Waals surface area contributed by atoms with E-state index in [1.165, 1.54) is 0 Å². The van der Waals surface area contributed by atoms with E-state index in [-0.39, 0.29) is 5.92 Å². The van der Waals surface area contributed by atoms with Gasteiger partial charge in [-0.25, -0.2) is 4.90 Å². The molecule has 3 atom stereocenters. The number of aliphatic hydroxyl groups is 1. The van der Waals surface area contributed by atoms with Crippen molar-refractivity contribution in [3.8, 4) is 0 Å². The Kier molecular flexibility index (Phi) is 3.62. The van der Waals surface area contributed by atoms with Gasteiger partial charge < -0.3 is 20.3 Å².